The van der Waals surface area contributed by atoms with Crippen molar-refractivity contribution < 1.29 is 14.2 Å². The smallest absolute Gasteiger partial charge is 0.162 e. The third-order valence-corrected chi connectivity index (χ3v) is 2.78. The van der Waals surface area contributed by atoms with Crippen molar-refractivity contribution in [2.45, 2.75) is 45.9 Å². The van der Waals surface area contributed by atoms with Crippen LogP contribution in [0.4, 0.5) is 0 Å². The van der Waals surface area contributed by atoms with Crippen molar-refractivity contribution in [2.75, 3.05) is 33.0 Å². The highest BCUT2D eigenvalue weighted by Crippen LogP contribution is 2.16. The Hall–Kier alpha value is -0.160. The largest absolute Gasteiger partial charge is 0.380 e. The van der Waals surface area contributed by atoms with E-state index in [0.717, 1.165) is 26.2 Å². The fraction of sp³-hybridized carbons (Fsp3) is 1.00. The average Bonchev–Trinajstić information content (AvgIpc) is 2.25. The maximum atomic E-state index is 5.56. The lowest BCUT2D eigenvalue weighted by Crippen LogP contribution is -2.49. The zero-order chi connectivity index (χ0) is 12.7. The molecule has 1 saturated heterocycles. The second kappa shape index (κ2) is 7.31. The van der Waals surface area contributed by atoms with Gasteiger partial charge in [0.25, 0.3) is 0 Å². The maximum absolute atomic E-state index is 5.56. The molecule has 1 heterocycles. The lowest BCUT2D eigenvalue weighted by molar-refractivity contribution is -0.252. The molecule has 1 fully saturated rings. The normalized spacial score (nSPS) is 21.0. The second-order valence-electron chi connectivity index (χ2n) is 5.47. The number of ether oxygens (including phenoxy) is 3. The van der Waals surface area contributed by atoms with Gasteiger partial charge < -0.3 is 19.5 Å². The van der Waals surface area contributed by atoms with Crippen molar-refractivity contribution in [3.63, 3.8) is 0 Å². The number of hydrogen-bond donors (Lipinski definition) is 1. The zero-order valence-electron chi connectivity index (χ0n) is 11.6. The van der Waals surface area contributed by atoms with Crippen LogP contribution in [0.2, 0.25) is 0 Å². The molecule has 0 aromatic carbocycles. The summed E-state index contributed by atoms with van der Waals surface area (Å²) in [5, 5.41) is 3.37. The molecule has 1 aliphatic rings. The summed E-state index contributed by atoms with van der Waals surface area (Å²) < 4.78 is 16.7. The summed E-state index contributed by atoms with van der Waals surface area (Å²) in [6.07, 6.45) is 1.13. The first kappa shape index (κ1) is 14.9. The van der Waals surface area contributed by atoms with Crippen LogP contribution in [0, 0.1) is 5.92 Å². The lowest BCUT2D eigenvalue weighted by atomic mass is 10.1. The van der Waals surface area contributed by atoms with E-state index in [9.17, 15) is 0 Å². The Balaban J connectivity index is 1.94. The number of rotatable bonds is 7. The van der Waals surface area contributed by atoms with E-state index in [1.54, 1.807) is 0 Å². The molecule has 4 nitrogen and oxygen atoms in total. The first-order valence-corrected chi connectivity index (χ1v) is 6.58. The number of nitrogens with one attached hydrogen (secondary N) is 1. The predicted octanol–water partition coefficient (Wildman–Crippen LogP) is 1.79. The van der Waals surface area contributed by atoms with Gasteiger partial charge in [0.1, 0.15) is 0 Å². The van der Waals surface area contributed by atoms with Gasteiger partial charge in [0.05, 0.1) is 25.9 Å². The molecule has 4 heteroatoms. The number of hydrogen-bond acceptors (Lipinski definition) is 4. The van der Waals surface area contributed by atoms with Crippen molar-refractivity contribution in [1.82, 2.24) is 5.32 Å². The van der Waals surface area contributed by atoms with E-state index >= 15 is 0 Å². The minimum Gasteiger partial charge on any atom is -0.380 e. The second-order valence-corrected chi connectivity index (χ2v) is 5.47. The van der Waals surface area contributed by atoms with Crippen molar-refractivity contribution in [2.24, 2.45) is 5.92 Å². The van der Waals surface area contributed by atoms with Gasteiger partial charge in [-0.3, -0.25) is 0 Å². The van der Waals surface area contributed by atoms with E-state index in [0.29, 0.717) is 19.1 Å². The van der Waals surface area contributed by atoms with Crippen LogP contribution in [-0.4, -0.2) is 44.8 Å². The molecule has 0 aromatic heterocycles. The van der Waals surface area contributed by atoms with Gasteiger partial charge >= 0.3 is 0 Å². The molecule has 0 atom stereocenters. The minimum atomic E-state index is -0.425. The molecule has 1 aliphatic heterocycles. The van der Waals surface area contributed by atoms with Crippen LogP contribution in [0.15, 0.2) is 0 Å². The fourth-order valence-electron chi connectivity index (χ4n) is 1.57. The molecule has 0 amide bonds. The molecule has 0 aliphatic carbocycles. The lowest BCUT2D eigenvalue weighted by Gasteiger charge is -2.35. The molecule has 102 valence electrons. The van der Waals surface area contributed by atoms with E-state index in [4.69, 9.17) is 14.2 Å². The zero-order valence-corrected chi connectivity index (χ0v) is 11.6. The summed E-state index contributed by atoms with van der Waals surface area (Å²) in [6.45, 7) is 12.2. The van der Waals surface area contributed by atoms with Gasteiger partial charge in [-0.2, -0.15) is 0 Å². The molecule has 0 aromatic rings. The SMILES string of the molecule is CC(C)CCOCCNC1COC(C)(C)OC1. The Morgan fingerprint density at radius 1 is 1.24 bits per heavy atom. The summed E-state index contributed by atoms with van der Waals surface area (Å²) in [7, 11) is 0. The highest BCUT2D eigenvalue weighted by Gasteiger charge is 2.27. The average molecular weight is 245 g/mol. The topological polar surface area (TPSA) is 39.7 Å². The van der Waals surface area contributed by atoms with Gasteiger partial charge in [-0.15, -0.1) is 0 Å². The standard InChI is InChI=1S/C13H27NO3/c1-11(2)5-7-15-8-6-14-12-9-16-13(3,4)17-10-12/h11-12,14H,5-10H2,1-4H3. The van der Waals surface area contributed by atoms with Gasteiger partial charge in [0.15, 0.2) is 5.79 Å². The Labute approximate surface area is 105 Å². The molecule has 0 bridgehead atoms. The minimum absolute atomic E-state index is 0.289. The molecular formula is C13H27NO3. The summed E-state index contributed by atoms with van der Waals surface area (Å²) in [6, 6.07) is 0.289. The van der Waals surface area contributed by atoms with E-state index in [1.165, 1.54) is 0 Å². The van der Waals surface area contributed by atoms with E-state index in [1.807, 2.05) is 13.8 Å². The monoisotopic (exact) mass is 245 g/mol. The third kappa shape index (κ3) is 6.99. The van der Waals surface area contributed by atoms with Crippen LogP contribution in [0.5, 0.6) is 0 Å². The first-order chi connectivity index (χ1) is 7.99. The predicted molar refractivity (Wildman–Crippen MR) is 68.0 cm³/mol. The van der Waals surface area contributed by atoms with Crippen LogP contribution in [0.1, 0.15) is 34.1 Å². The van der Waals surface area contributed by atoms with E-state index in [-0.39, 0.29) is 6.04 Å². The van der Waals surface area contributed by atoms with Crippen LogP contribution < -0.4 is 5.32 Å². The third-order valence-electron chi connectivity index (χ3n) is 2.78. The van der Waals surface area contributed by atoms with Crippen LogP contribution in [0.25, 0.3) is 0 Å². The van der Waals surface area contributed by atoms with Crippen molar-refractivity contribution in [3.8, 4) is 0 Å². The molecule has 0 saturated carbocycles. The van der Waals surface area contributed by atoms with E-state index < -0.39 is 5.79 Å². The Kier molecular flexibility index (Phi) is 6.41. The summed E-state index contributed by atoms with van der Waals surface area (Å²) in [5.41, 5.74) is 0. The van der Waals surface area contributed by atoms with Crippen molar-refractivity contribution in [1.29, 1.82) is 0 Å². The highest BCUT2D eigenvalue weighted by atomic mass is 16.7. The Bertz CT molecular complexity index is 197. The molecule has 17 heavy (non-hydrogen) atoms. The van der Waals surface area contributed by atoms with Crippen LogP contribution >= 0.6 is 0 Å². The summed E-state index contributed by atoms with van der Waals surface area (Å²) >= 11 is 0. The molecule has 1 rings (SSSR count). The summed E-state index contributed by atoms with van der Waals surface area (Å²) in [4.78, 5) is 0. The quantitative estimate of drug-likeness (QED) is 0.694. The van der Waals surface area contributed by atoms with Crippen molar-refractivity contribution in [3.05, 3.63) is 0 Å². The van der Waals surface area contributed by atoms with Gasteiger partial charge in [-0.25, -0.2) is 0 Å². The molecule has 0 spiro atoms. The molecule has 0 radical (unpaired) electrons. The maximum Gasteiger partial charge on any atom is 0.162 e. The Morgan fingerprint density at radius 2 is 1.88 bits per heavy atom. The fourth-order valence-corrected chi connectivity index (χ4v) is 1.57. The Morgan fingerprint density at radius 3 is 2.47 bits per heavy atom. The molecule has 1 N–H and O–H groups in total. The van der Waals surface area contributed by atoms with Gasteiger partial charge in [-0.1, -0.05) is 13.8 Å². The van der Waals surface area contributed by atoms with Crippen LogP contribution in [0.3, 0.4) is 0 Å². The molecule has 0 unspecified atom stereocenters. The highest BCUT2D eigenvalue weighted by molar-refractivity contribution is 4.72. The van der Waals surface area contributed by atoms with E-state index in [2.05, 4.69) is 19.2 Å². The van der Waals surface area contributed by atoms with Crippen LogP contribution in [-0.2, 0) is 14.2 Å². The van der Waals surface area contributed by atoms with Gasteiger partial charge in [0.2, 0.25) is 0 Å². The summed E-state index contributed by atoms with van der Waals surface area (Å²) in [5.74, 6) is 0.289. The molecular weight excluding hydrogens is 218 g/mol. The van der Waals surface area contributed by atoms with Crippen molar-refractivity contribution >= 4 is 0 Å². The first-order valence-electron chi connectivity index (χ1n) is 6.58. The van der Waals surface area contributed by atoms with Gasteiger partial charge in [0, 0.05) is 13.2 Å². The van der Waals surface area contributed by atoms with Gasteiger partial charge in [-0.05, 0) is 26.2 Å².